The predicted molar refractivity (Wildman–Crippen MR) is 113 cm³/mol. The van der Waals surface area contributed by atoms with E-state index in [1.807, 2.05) is 23.1 Å². The number of carbonyl (C=O) groups excluding carboxylic acids is 1. The number of piperazine rings is 1. The molecule has 0 aliphatic carbocycles. The highest BCUT2D eigenvalue weighted by Gasteiger charge is 2.22. The Morgan fingerprint density at radius 3 is 2.41 bits per heavy atom. The van der Waals surface area contributed by atoms with E-state index in [1.165, 1.54) is 0 Å². The molecule has 0 atom stereocenters. The normalized spacial score (nSPS) is 18.0. The number of para-hydroxylation sites is 2. The average molecular weight is 396 g/mol. The zero-order valence-electron chi connectivity index (χ0n) is 16.9. The summed E-state index contributed by atoms with van der Waals surface area (Å²) in [7, 11) is 0. The fourth-order valence-electron chi connectivity index (χ4n) is 3.73. The quantitative estimate of drug-likeness (QED) is 0.827. The molecule has 0 radical (unpaired) electrons. The maximum Gasteiger partial charge on any atom is 0.257 e. The fraction of sp³-hybridized carbons (Fsp3) is 0.476. The number of anilines is 3. The van der Waals surface area contributed by atoms with E-state index in [2.05, 4.69) is 38.1 Å². The van der Waals surface area contributed by atoms with Crippen LogP contribution in [0.3, 0.4) is 0 Å². The maximum atomic E-state index is 12.7. The molecule has 1 aromatic carbocycles. The molecule has 2 aliphatic heterocycles. The number of rotatable bonds is 5. The predicted octanol–water partition coefficient (Wildman–Crippen LogP) is 1.83. The topological polar surface area (TPSA) is 73.8 Å². The zero-order chi connectivity index (χ0) is 20.1. The molecule has 1 aromatic heterocycles. The van der Waals surface area contributed by atoms with Gasteiger partial charge in [0.1, 0.15) is 0 Å². The lowest BCUT2D eigenvalue weighted by molar-refractivity contribution is 0.0642. The van der Waals surface area contributed by atoms with Crippen molar-refractivity contribution in [1.29, 1.82) is 0 Å². The maximum absolute atomic E-state index is 12.7. The Morgan fingerprint density at radius 1 is 1.03 bits per heavy atom. The first-order valence-electron chi connectivity index (χ1n) is 10.3. The molecule has 0 bridgehead atoms. The van der Waals surface area contributed by atoms with Crippen molar-refractivity contribution in [2.24, 2.45) is 0 Å². The number of benzene rings is 1. The van der Waals surface area contributed by atoms with E-state index in [4.69, 9.17) is 4.74 Å². The second-order valence-corrected chi connectivity index (χ2v) is 7.26. The molecule has 2 saturated heterocycles. The van der Waals surface area contributed by atoms with Gasteiger partial charge in [-0.1, -0.05) is 19.1 Å². The van der Waals surface area contributed by atoms with Gasteiger partial charge in [-0.3, -0.25) is 4.79 Å². The van der Waals surface area contributed by atoms with E-state index in [1.54, 1.807) is 12.4 Å². The zero-order valence-corrected chi connectivity index (χ0v) is 16.9. The lowest BCUT2D eigenvalue weighted by Crippen LogP contribution is -2.48. The summed E-state index contributed by atoms with van der Waals surface area (Å²) >= 11 is 0. The van der Waals surface area contributed by atoms with Crippen LogP contribution in [-0.4, -0.2) is 84.7 Å². The van der Waals surface area contributed by atoms with E-state index >= 15 is 0 Å². The van der Waals surface area contributed by atoms with Gasteiger partial charge < -0.3 is 24.8 Å². The van der Waals surface area contributed by atoms with Gasteiger partial charge in [-0.2, -0.15) is 0 Å². The van der Waals surface area contributed by atoms with Gasteiger partial charge in [0.05, 0.1) is 30.2 Å². The molecule has 0 spiro atoms. The molecule has 1 N–H and O–H groups in total. The molecule has 4 rings (SSSR count). The Bertz CT molecular complexity index is 814. The van der Waals surface area contributed by atoms with Crippen molar-refractivity contribution in [2.45, 2.75) is 6.92 Å². The first kappa shape index (κ1) is 19.6. The minimum atomic E-state index is 0.000944. The molecule has 2 fully saturated rings. The second kappa shape index (κ2) is 9.19. The summed E-state index contributed by atoms with van der Waals surface area (Å²) in [5, 5.41) is 3.29. The highest BCUT2D eigenvalue weighted by atomic mass is 16.5. The van der Waals surface area contributed by atoms with Gasteiger partial charge in [0.25, 0.3) is 5.91 Å². The average Bonchev–Trinajstić information content (AvgIpc) is 2.80. The summed E-state index contributed by atoms with van der Waals surface area (Å²) in [5.41, 5.74) is 2.58. The molecule has 8 heteroatoms. The third kappa shape index (κ3) is 4.65. The monoisotopic (exact) mass is 396 g/mol. The van der Waals surface area contributed by atoms with Gasteiger partial charge in [-0.05, 0) is 18.7 Å². The van der Waals surface area contributed by atoms with Crippen LogP contribution < -0.4 is 10.2 Å². The highest BCUT2D eigenvalue weighted by Crippen LogP contribution is 2.28. The minimum absolute atomic E-state index is 0.000944. The minimum Gasteiger partial charge on any atom is -0.378 e. The van der Waals surface area contributed by atoms with Crippen LogP contribution in [0.2, 0.25) is 0 Å². The molecule has 3 heterocycles. The van der Waals surface area contributed by atoms with E-state index in [9.17, 15) is 4.79 Å². The van der Waals surface area contributed by atoms with Gasteiger partial charge in [-0.25, -0.2) is 9.97 Å². The molecule has 2 aliphatic rings. The largest absolute Gasteiger partial charge is 0.378 e. The third-order valence-electron chi connectivity index (χ3n) is 5.51. The van der Waals surface area contributed by atoms with Crippen LogP contribution in [0.1, 0.15) is 17.3 Å². The van der Waals surface area contributed by atoms with Crippen LogP contribution in [0.25, 0.3) is 0 Å². The van der Waals surface area contributed by atoms with E-state index in [0.717, 1.165) is 70.4 Å². The van der Waals surface area contributed by atoms with Crippen LogP contribution in [0, 0.1) is 0 Å². The summed E-state index contributed by atoms with van der Waals surface area (Å²) in [6.07, 6.45) is 3.22. The van der Waals surface area contributed by atoms with Crippen molar-refractivity contribution in [1.82, 2.24) is 19.8 Å². The molecule has 154 valence electrons. The van der Waals surface area contributed by atoms with E-state index in [-0.39, 0.29) is 5.91 Å². The van der Waals surface area contributed by atoms with Crippen molar-refractivity contribution in [3.63, 3.8) is 0 Å². The SMILES string of the molecule is CCN1CCN(C(=O)c2cnc(Nc3ccccc3N3CCOCC3)nc2)CC1. The van der Waals surface area contributed by atoms with Crippen molar-refractivity contribution < 1.29 is 9.53 Å². The van der Waals surface area contributed by atoms with E-state index in [0.29, 0.717) is 11.5 Å². The van der Waals surface area contributed by atoms with Crippen molar-refractivity contribution in [3.05, 3.63) is 42.2 Å². The number of likely N-dealkylation sites (N-methyl/N-ethyl adjacent to an activating group) is 1. The molecular formula is C21H28N6O2. The van der Waals surface area contributed by atoms with Gasteiger partial charge in [0.2, 0.25) is 5.95 Å². The number of morpholine rings is 1. The number of nitrogens with one attached hydrogen (secondary N) is 1. The molecular weight excluding hydrogens is 368 g/mol. The first-order valence-corrected chi connectivity index (χ1v) is 10.3. The fourth-order valence-corrected chi connectivity index (χ4v) is 3.73. The number of hydrogen-bond acceptors (Lipinski definition) is 7. The molecule has 29 heavy (non-hydrogen) atoms. The molecule has 0 unspecified atom stereocenters. The van der Waals surface area contributed by atoms with Crippen LogP contribution in [0.4, 0.5) is 17.3 Å². The van der Waals surface area contributed by atoms with Gasteiger partial charge in [0, 0.05) is 51.7 Å². The van der Waals surface area contributed by atoms with Gasteiger partial charge in [-0.15, -0.1) is 0 Å². The highest BCUT2D eigenvalue weighted by molar-refractivity contribution is 5.93. The first-order chi connectivity index (χ1) is 14.2. The van der Waals surface area contributed by atoms with Crippen molar-refractivity contribution in [2.75, 3.05) is 69.2 Å². The Morgan fingerprint density at radius 2 is 1.72 bits per heavy atom. The van der Waals surface area contributed by atoms with Crippen molar-refractivity contribution >= 4 is 23.2 Å². The van der Waals surface area contributed by atoms with E-state index < -0.39 is 0 Å². The molecule has 1 amide bonds. The van der Waals surface area contributed by atoms with Gasteiger partial charge in [0.15, 0.2) is 0 Å². The smallest absolute Gasteiger partial charge is 0.257 e. The number of hydrogen-bond donors (Lipinski definition) is 1. The van der Waals surface area contributed by atoms with Crippen LogP contribution >= 0.6 is 0 Å². The van der Waals surface area contributed by atoms with Crippen LogP contribution in [0.5, 0.6) is 0 Å². The summed E-state index contributed by atoms with van der Waals surface area (Å²) < 4.78 is 5.45. The number of carbonyl (C=O) groups is 1. The Balaban J connectivity index is 1.42. The summed E-state index contributed by atoms with van der Waals surface area (Å²) in [6, 6.07) is 8.11. The lowest BCUT2D eigenvalue weighted by Gasteiger charge is -2.34. The van der Waals surface area contributed by atoms with Crippen LogP contribution in [-0.2, 0) is 4.74 Å². The molecule has 8 nitrogen and oxygen atoms in total. The van der Waals surface area contributed by atoms with Crippen LogP contribution in [0.15, 0.2) is 36.7 Å². The molecule has 0 saturated carbocycles. The Labute approximate surface area is 171 Å². The Kier molecular flexibility index (Phi) is 6.21. The third-order valence-corrected chi connectivity index (χ3v) is 5.51. The summed E-state index contributed by atoms with van der Waals surface area (Å²) in [5.74, 6) is 0.485. The number of nitrogens with zero attached hydrogens (tertiary/aromatic N) is 5. The summed E-state index contributed by atoms with van der Waals surface area (Å²) in [4.78, 5) is 28.0. The number of ether oxygens (including phenoxy) is 1. The molecule has 2 aromatic rings. The summed E-state index contributed by atoms with van der Waals surface area (Å²) in [6.45, 7) is 9.69. The Hall–Kier alpha value is -2.71. The second-order valence-electron chi connectivity index (χ2n) is 7.26. The standard InChI is InChI=1S/C21H28N6O2/c1-2-25-7-9-27(10-8-25)20(28)17-15-22-21(23-16-17)24-18-5-3-4-6-19(18)26-11-13-29-14-12-26/h3-6,15-16H,2,7-14H2,1H3,(H,22,23,24). The number of amides is 1. The lowest BCUT2D eigenvalue weighted by atomic mass is 10.2. The number of aromatic nitrogens is 2. The van der Waals surface area contributed by atoms with Gasteiger partial charge >= 0.3 is 0 Å². The van der Waals surface area contributed by atoms with Crippen molar-refractivity contribution in [3.8, 4) is 0 Å².